The predicted molar refractivity (Wildman–Crippen MR) is 65.0 cm³/mol. The van der Waals surface area contributed by atoms with Crippen LogP contribution in [0.3, 0.4) is 0 Å². The van der Waals surface area contributed by atoms with Crippen molar-refractivity contribution in [2.45, 2.75) is 46.0 Å². The first-order chi connectivity index (χ1) is 7.86. The molecule has 1 aromatic carbocycles. The number of benzene rings is 1. The fraction of sp³-hybridized carbons (Fsp3) is 0.500. The van der Waals surface area contributed by atoms with Gasteiger partial charge in [0, 0.05) is 5.56 Å². The molecule has 0 amide bonds. The Labute approximate surface area is 101 Å². The van der Waals surface area contributed by atoms with Crippen molar-refractivity contribution in [2.75, 3.05) is 0 Å². The van der Waals surface area contributed by atoms with Gasteiger partial charge in [0.1, 0.15) is 0 Å². The van der Waals surface area contributed by atoms with Gasteiger partial charge in [-0.3, -0.25) is 4.79 Å². The summed E-state index contributed by atoms with van der Waals surface area (Å²) in [5.74, 6) is -0.934. The summed E-state index contributed by atoms with van der Waals surface area (Å²) in [6.07, 6.45) is -2.94. The molecule has 0 bridgehead atoms. The molecular weight excluding hydrogens is 222 g/mol. The summed E-state index contributed by atoms with van der Waals surface area (Å²) in [7, 11) is 0. The van der Waals surface area contributed by atoms with E-state index in [0.717, 1.165) is 0 Å². The lowest BCUT2D eigenvalue weighted by Crippen LogP contribution is -2.17. The predicted octanol–water partition coefficient (Wildman–Crippen LogP) is 4.38. The molecule has 0 aliphatic rings. The molecule has 0 saturated carbocycles. The van der Waals surface area contributed by atoms with E-state index in [2.05, 4.69) is 0 Å². The van der Waals surface area contributed by atoms with Gasteiger partial charge in [0.15, 0.2) is 0 Å². The highest BCUT2D eigenvalue weighted by molar-refractivity contribution is 6.01. The van der Waals surface area contributed by atoms with Crippen molar-refractivity contribution in [2.24, 2.45) is 0 Å². The summed E-state index contributed by atoms with van der Waals surface area (Å²) in [6.45, 7) is 7.62. The minimum atomic E-state index is -2.94. The zero-order chi connectivity index (χ0) is 13.2. The first kappa shape index (κ1) is 13.8. The van der Waals surface area contributed by atoms with Crippen LogP contribution in [-0.4, -0.2) is 12.2 Å². The monoisotopic (exact) mass is 240 g/mol. The smallest absolute Gasteiger partial charge is 0.288 e. The van der Waals surface area contributed by atoms with Gasteiger partial charge >= 0.3 is 6.43 Å². The van der Waals surface area contributed by atoms with Crippen LogP contribution in [0.1, 0.15) is 61.0 Å². The van der Waals surface area contributed by atoms with Crippen molar-refractivity contribution >= 4 is 5.78 Å². The molecule has 0 spiro atoms. The fourth-order valence-electron chi connectivity index (χ4n) is 1.94. The minimum absolute atomic E-state index is 0.0615. The maximum absolute atomic E-state index is 12.7. The normalized spacial score (nSPS) is 11.6. The Hall–Kier alpha value is -1.25. The molecule has 0 fully saturated rings. The van der Waals surface area contributed by atoms with E-state index in [0.29, 0.717) is 11.1 Å². The zero-order valence-electron chi connectivity index (χ0n) is 10.6. The molecule has 0 aliphatic heterocycles. The second-order valence-corrected chi connectivity index (χ2v) is 4.79. The SMILES string of the molecule is CC(C)c1cccc(C(C)C)c1C(=O)C(F)F. The Morgan fingerprint density at radius 1 is 1.00 bits per heavy atom. The number of Topliss-reactive ketones (excluding diaryl/α,β-unsaturated/α-hetero) is 1. The number of carbonyl (C=O) groups is 1. The average Bonchev–Trinajstić information content (AvgIpc) is 2.26. The van der Waals surface area contributed by atoms with Crippen molar-refractivity contribution in [1.82, 2.24) is 0 Å². The highest BCUT2D eigenvalue weighted by Crippen LogP contribution is 2.29. The molecule has 0 N–H and O–H groups in total. The van der Waals surface area contributed by atoms with Crippen LogP contribution in [0.5, 0.6) is 0 Å². The van der Waals surface area contributed by atoms with E-state index >= 15 is 0 Å². The molecule has 0 unspecified atom stereocenters. The third-order valence-electron chi connectivity index (χ3n) is 2.82. The molecule has 17 heavy (non-hydrogen) atoms. The van der Waals surface area contributed by atoms with Gasteiger partial charge in [-0.1, -0.05) is 45.9 Å². The van der Waals surface area contributed by atoms with E-state index < -0.39 is 12.2 Å². The van der Waals surface area contributed by atoms with E-state index in [1.165, 1.54) is 0 Å². The lowest BCUT2D eigenvalue weighted by Gasteiger charge is -2.18. The van der Waals surface area contributed by atoms with Gasteiger partial charge in [0.2, 0.25) is 5.78 Å². The lowest BCUT2D eigenvalue weighted by molar-refractivity contribution is 0.0676. The van der Waals surface area contributed by atoms with E-state index in [1.807, 2.05) is 33.8 Å². The maximum atomic E-state index is 12.7. The molecule has 0 radical (unpaired) electrons. The van der Waals surface area contributed by atoms with Crippen molar-refractivity contribution in [3.63, 3.8) is 0 Å². The lowest BCUT2D eigenvalue weighted by atomic mass is 9.87. The summed E-state index contributed by atoms with van der Waals surface area (Å²) < 4.78 is 25.3. The average molecular weight is 240 g/mol. The summed E-state index contributed by atoms with van der Waals surface area (Å²) in [6, 6.07) is 5.34. The fourth-order valence-corrected chi connectivity index (χ4v) is 1.94. The third kappa shape index (κ3) is 2.90. The minimum Gasteiger partial charge on any atom is -0.288 e. The molecule has 0 saturated heterocycles. The molecule has 3 heteroatoms. The second-order valence-electron chi connectivity index (χ2n) is 4.79. The first-order valence-corrected chi connectivity index (χ1v) is 5.81. The number of alkyl halides is 2. The van der Waals surface area contributed by atoms with Crippen LogP contribution in [0.4, 0.5) is 8.78 Å². The number of halogens is 2. The third-order valence-corrected chi connectivity index (χ3v) is 2.82. The Morgan fingerprint density at radius 2 is 1.41 bits per heavy atom. The molecule has 1 rings (SSSR count). The van der Waals surface area contributed by atoms with Crippen LogP contribution < -0.4 is 0 Å². The topological polar surface area (TPSA) is 17.1 Å². The molecule has 1 nitrogen and oxygen atoms in total. The van der Waals surface area contributed by atoms with Gasteiger partial charge in [-0.15, -0.1) is 0 Å². The molecule has 1 aromatic rings. The number of rotatable bonds is 4. The molecule has 0 heterocycles. The number of ketones is 1. The second kappa shape index (κ2) is 5.39. The van der Waals surface area contributed by atoms with E-state index in [1.54, 1.807) is 12.1 Å². The van der Waals surface area contributed by atoms with Crippen LogP contribution in [0.2, 0.25) is 0 Å². The van der Waals surface area contributed by atoms with Crippen LogP contribution >= 0.6 is 0 Å². The van der Waals surface area contributed by atoms with Gasteiger partial charge in [0.05, 0.1) is 0 Å². The molecule has 0 atom stereocenters. The first-order valence-electron chi connectivity index (χ1n) is 5.81. The van der Waals surface area contributed by atoms with Crippen LogP contribution in [0.15, 0.2) is 18.2 Å². The summed E-state index contributed by atoms with van der Waals surface area (Å²) >= 11 is 0. The summed E-state index contributed by atoms with van der Waals surface area (Å²) in [5.41, 5.74) is 1.63. The quantitative estimate of drug-likeness (QED) is 0.714. The van der Waals surface area contributed by atoms with Gasteiger partial charge in [-0.05, 0) is 23.0 Å². The zero-order valence-corrected chi connectivity index (χ0v) is 10.6. The number of carbonyl (C=O) groups excluding carboxylic acids is 1. The standard InChI is InChI=1S/C14H18F2O/c1-8(2)10-6-5-7-11(9(3)4)12(10)13(17)14(15)16/h5-9,14H,1-4H3. The van der Waals surface area contributed by atoms with Crippen molar-refractivity contribution < 1.29 is 13.6 Å². The Bertz CT molecular complexity index is 382. The van der Waals surface area contributed by atoms with Gasteiger partial charge in [0.25, 0.3) is 0 Å². The van der Waals surface area contributed by atoms with Crippen LogP contribution in [0.25, 0.3) is 0 Å². The molecule has 0 aromatic heterocycles. The Balaban J connectivity index is 3.44. The highest BCUT2D eigenvalue weighted by atomic mass is 19.3. The van der Waals surface area contributed by atoms with Gasteiger partial charge in [-0.2, -0.15) is 0 Å². The van der Waals surface area contributed by atoms with E-state index in [9.17, 15) is 13.6 Å². The number of hydrogen-bond acceptors (Lipinski definition) is 1. The maximum Gasteiger partial charge on any atom is 0.300 e. The van der Waals surface area contributed by atoms with Crippen molar-refractivity contribution in [1.29, 1.82) is 0 Å². The number of hydrogen-bond donors (Lipinski definition) is 0. The van der Waals surface area contributed by atoms with Crippen molar-refractivity contribution in [3.05, 3.63) is 34.9 Å². The summed E-state index contributed by atoms with van der Waals surface area (Å²) in [4.78, 5) is 11.6. The Morgan fingerprint density at radius 3 is 1.71 bits per heavy atom. The molecule has 0 aliphatic carbocycles. The molecular formula is C14H18F2O. The van der Waals surface area contributed by atoms with Crippen LogP contribution in [0, 0.1) is 0 Å². The largest absolute Gasteiger partial charge is 0.300 e. The highest BCUT2D eigenvalue weighted by Gasteiger charge is 2.25. The van der Waals surface area contributed by atoms with Crippen molar-refractivity contribution in [3.8, 4) is 0 Å². The summed E-state index contributed by atoms with van der Waals surface area (Å²) in [5, 5.41) is 0. The van der Waals surface area contributed by atoms with Gasteiger partial charge < -0.3 is 0 Å². The van der Waals surface area contributed by atoms with Crippen LogP contribution in [-0.2, 0) is 0 Å². The van der Waals surface area contributed by atoms with E-state index in [4.69, 9.17) is 0 Å². The van der Waals surface area contributed by atoms with Gasteiger partial charge in [-0.25, -0.2) is 8.78 Å². The molecule has 94 valence electrons. The van der Waals surface area contributed by atoms with E-state index in [-0.39, 0.29) is 17.4 Å². The Kier molecular flexibility index (Phi) is 4.38.